The minimum absolute atomic E-state index is 0.151. The summed E-state index contributed by atoms with van der Waals surface area (Å²) in [6.07, 6.45) is 2.05. The van der Waals surface area contributed by atoms with E-state index in [2.05, 4.69) is 5.32 Å². The zero-order valence-electron chi connectivity index (χ0n) is 15.5. The molecule has 0 spiro atoms. The fraction of sp³-hybridized carbons (Fsp3) is 0.333. The van der Waals surface area contributed by atoms with Crippen LogP contribution in [0.15, 0.2) is 42.5 Å². The Hall–Kier alpha value is -2.83. The van der Waals surface area contributed by atoms with Gasteiger partial charge in [-0.1, -0.05) is 37.3 Å². The average Bonchev–Trinajstić information content (AvgIpc) is 3.50. The first-order valence-electron chi connectivity index (χ1n) is 9.17. The third kappa shape index (κ3) is 3.88. The van der Waals surface area contributed by atoms with Gasteiger partial charge >= 0.3 is 0 Å². The largest absolute Gasteiger partial charge is 0.333 e. The number of benzene rings is 2. The first-order chi connectivity index (χ1) is 13.4. The number of carbonyl (C=O) groups is 2. The lowest BCUT2D eigenvalue weighted by atomic mass is 9.94. The van der Waals surface area contributed by atoms with Crippen molar-refractivity contribution in [1.29, 1.82) is 0 Å². The molecule has 1 N–H and O–H groups in total. The normalized spacial score (nSPS) is 14.4. The van der Waals surface area contributed by atoms with Crippen molar-refractivity contribution in [3.05, 3.63) is 65.5 Å². The highest BCUT2D eigenvalue weighted by Gasteiger charge is 2.52. The van der Waals surface area contributed by atoms with Crippen molar-refractivity contribution < 1.29 is 22.8 Å². The molecule has 28 heavy (non-hydrogen) atoms. The summed E-state index contributed by atoms with van der Waals surface area (Å²) in [7, 11) is 0. The van der Waals surface area contributed by atoms with E-state index in [-0.39, 0.29) is 12.5 Å². The van der Waals surface area contributed by atoms with Crippen LogP contribution >= 0.6 is 0 Å². The Balaban J connectivity index is 1.74. The smallest absolute Gasteiger partial charge is 0.244 e. The molecule has 0 aromatic heterocycles. The number of nitrogens with zero attached hydrogens (tertiary/aromatic N) is 1. The molecule has 0 atom stereocenters. The van der Waals surface area contributed by atoms with Crippen molar-refractivity contribution >= 4 is 17.5 Å². The van der Waals surface area contributed by atoms with Crippen molar-refractivity contribution in [2.24, 2.45) is 0 Å². The number of anilines is 1. The van der Waals surface area contributed by atoms with Gasteiger partial charge in [-0.3, -0.25) is 9.59 Å². The van der Waals surface area contributed by atoms with Crippen LogP contribution in [0.2, 0.25) is 0 Å². The molecule has 1 aliphatic rings. The topological polar surface area (TPSA) is 49.4 Å². The second-order valence-corrected chi connectivity index (χ2v) is 6.95. The third-order valence-electron chi connectivity index (χ3n) is 4.91. The van der Waals surface area contributed by atoms with Gasteiger partial charge in [-0.2, -0.15) is 0 Å². The maximum atomic E-state index is 13.8. The molecular weight excluding hydrogens is 369 g/mol. The zero-order valence-corrected chi connectivity index (χ0v) is 15.5. The van der Waals surface area contributed by atoms with Gasteiger partial charge in [-0.15, -0.1) is 0 Å². The molecule has 2 aromatic rings. The standard InChI is InChI=1S/C21H21F3N2O2/c1-2-12-26(20(28)21(10-11-21)14-6-4-3-5-7-14)13-17(27)25-16-9-8-15(22)18(23)19(16)24/h3-9H,2,10-13H2,1H3,(H,25,27). The lowest BCUT2D eigenvalue weighted by Gasteiger charge is -2.27. The highest BCUT2D eigenvalue weighted by Crippen LogP contribution is 2.49. The van der Waals surface area contributed by atoms with Gasteiger partial charge in [-0.05, 0) is 37.0 Å². The number of nitrogens with one attached hydrogen (secondary N) is 1. The maximum Gasteiger partial charge on any atom is 0.244 e. The highest BCUT2D eigenvalue weighted by molar-refractivity contribution is 5.97. The molecule has 3 rings (SSSR count). The molecule has 0 aliphatic heterocycles. The Morgan fingerprint density at radius 2 is 1.71 bits per heavy atom. The van der Waals surface area contributed by atoms with Crippen LogP contribution in [-0.4, -0.2) is 29.8 Å². The van der Waals surface area contributed by atoms with Crippen molar-refractivity contribution in [3.63, 3.8) is 0 Å². The molecule has 7 heteroatoms. The van der Waals surface area contributed by atoms with Gasteiger partial charge in [0.05, 0.1) is 17.6 Å². The number of carbonyl (C=O) groups excluding carboxylic acids is 2. The van der Waals surface area contributed by atoms with Crippen LogP contribution in [0.5, 0.6) is 0 Å². The average molecular weight is 390 g/mol. The van der Waals surface area contributed by atoms with E-state index in [0.29, 0.717) is 25.8 Å². The van der Waals surface area contributed by atoms with Crippen LogP contribution in [0, 0.1) is 17.5 Å². The summed E-state index contributed by atoms with van der Waals surface area (Å²) in [6, 6.07) is 11.1. The van der Waals surface area contributed by atoms with Gasteiger partial charge < -0.3 is 10.2 Å². The van der Waals surface area contributed by atoms with Gasteiger partial charge in [0.15, 0.2) is 17.5 Å². The van der Waals surface area contributed by atoms with E-state index in [1.807, 2.05) is 37.3 Å². The summed E-state index contributed by atoms with van der Waals surface area (Å²) in [5, 5.41) is 2.22. The highest BCUT2D eigenvalue weighted by atomic mass is 19.2. The molecule has 0 radical (unpaired) electrons. The van der Waals surface area contributed by atoms with Crippen molar-refractivity contribution in [3.8, 4) is 0 Å². The first-order valence-corrected chi connectivity index (χ1v) is 9.17. The predicted octanol–water partition coefficient (Wildman–Crippen LogP) is 4.01. The molecule has 4 nitrogen and oxygen atoms in total. The maximum absolute atomic E-state index is 13.8. The van der Waals surface area contributed by atoms with Crippen molar-refractivity contribution in [2.75, 3.05) is 18.4 Å². The lowest BCUT2D eigenvalue weighted by Crippen LogP contribution is -2.44. The van der Waals surface area contributed by atoms with Crippen LogP contribution in [-0.2, 0) is 15.0 Å². The van der Waals surface area contributed by atoms with E-state index in [1.54, 1.807) is 0 Å². The van der Waals surface area contributed by atoms with Gasteiger partial charge in [0, 0.05) is 6.54 Å². The van der Waals surface area contributed by atoms with Gasteiger partial charge in [0.2, 0.25) is 11.8 Å². The Kier molecular flexibility index (Phi) is 5.72. The molecule has 0 saturated heterocycles. The van der Waals surface area contributed by atoms with E-state index in [1.165, 1.54) is 4.90 Å². The van der Waals surface area contributed by atoms with Crippen LogP contribution in [0.3, 0.4) is 0 Å². The molecule has 1 aliphatic carbocycles. The van der Waals surface area contributed by atoms with E-state index >= 15 is 0 Å². The molecule has 2 amide bonds. The minimum atomic E-state index is -1.65. The van der Waals surface area contributed by atoms with Crippen molar-refractivity contribution in [1.82, 2.24) is 4.90 Å². The Labute approximate surface area is 161 Å². The number of amides is 2. The molecular formula is C21H21F3N2O2. The monoisotopic (exact) mass is 390 g/mol. The SMILES string of the molecule is CCCN(CC(=O)Nc1ccc(F)c(F)c1F)C(=O)C1(c2ccccc2)CC1. The predicted molar refractivity (Wildman–Crippen MR) is 99.2 cm³/mol. The lowest BCUT2D eigenvalue weighted by molar-refractivity contribution is -0.137. The summed E-state index contributed by atoms with van der Waals surface area (Å²) >= 11 is 0. The van der Waals surface area contributed by atoms with E-state index < -0.39 is 34.5 Å². The number of hydrogen-bond donors (Lipinski definition) is 1. The Bertz CT molecular complexity index is 883. The molecule has 0 bridgehead atoms. The Morgan fingerprint density at radius 1 is 1.04 bits per heavy atom. The van der Waals surface area contributed by atoms with E-state index in [9.17, 15) is 22.8 Å². The molecule has 148 valence electrons. The Morgan fingerprint density at radius 3 is 2.32 bits per heavy atom. The molecule has 0 heterocycles. The summed E-state index contributed by atoms with van der Waals surface area (Å²) in [6.45, 7) is 1.95. The number of hydrogen-bond acceptors (Lipinski definition) is 2. The molecule has 1 fully saturated rings. The van der Waals surface area contributed by atoms with Crippen LogP contribution in [0.1, 0.15) is 31.7 Å². The molecule has 2 aromatic carbocycles. The summed E-state index contributed by atoms with van der Waals surface area (Å²) in [4.78, 5) is 26.9. The van der Waals surface area contributed by atoms with Crippen LogP contribution in [0.4, 0.5) is 18.9 Å². The zero-order chi connectivity index (χ0) is 20.3. The van der Waals surface area contributed by atoms with Gasteiger partial charge in [-0.25, -0.2) is 13.2 Å². The quantitative estimate of drug-likeness (QED) is 0.726. The minimum Gasteiger partial charge on any atom is -0.333 e. The second-order valence-electron chi connectivity index (χ2n) is 6.95. The fourth-order valence-corrected chi connectivity index (χ4v) is 3.32. The first kappa shape index (κ1) is 19.9. The third-order valence-corrected chi connectivity index (χ3v) is 4.91. The molecule has 1 saturated carbocycles. The summed E-state index contributed by atoms with van der Waals surface area (Å²) < 4.78 is 40.1. The number of halogens is 3. The fourth-order valence-electron chi connectivity index (χ4n) is 3.32. The molecule has 0 unspecified atom stereocenters. The summed E-state index contributed by atoms with van der Waals surface area (Å²) in [5.74, 6) is -5.28. The van der Waals surface area contributed by atoms with Gasteiger partial charge in [0.25, 0.3) is 0 Å². The second kappa shape index (κ2) is 8.04. The van der Waals surface area contributed by atoms with Crippen LogP contribution in [0.25, 0.3) is 0 Å². The van der Waals surface area contributed by atoms with Gasteiger partial charge in [0.1, 0.15) is 0 Å². The number of rotatable bonds is 7. The van der Waals surface area contributed by atoms with Crippen LogP contribution < -0.4 is 5.32 Å². The van der Waals surface area contributed by atoms with E-state index in [4.69, 9.17) is 0 Å². The summed E-state index contributed by atoms with van der Waals surface area (Å²) in [5.41, 5.74) is -0.172. The van der Waals surface area contributed by atoms with Crippen molar-refractivity contribution in [2.45, 2.75) is 31.6 Å². The van der Waals surface area contributed by atoms with E-state index in [0.717, 1.165) is 17.7 Å².